The van der Waals surface area contributed by atoms with Gasteiger partial charge in [0, 0.05) is 13.2 Å². The smallest absolute Gasteiger partial charge is 0.388 e. The molecule has 0 rings (SSSR count). The lowest BCUT2D eigenvalue weighted by molar-refractivity contribution is 0.00186. The number of unbranched alkanes of at least 4 members (excludes halogenated alkanes) is 15. The second-order valence-corrected chi connectivity index (χ2v) is 10.9. The maximum atomic E-state index is 11.7. The van der Waals surface area contributed by atoms with Gasteiger partial charge in [0.2, 0.25) is 0 Å². The largest absolute Gasteiger partial charge is 0.472 e. The third-order valence-electron chi connectivity index (χ3n) is 5.68. The maximum Gasteiger partial charge on any atom is 0.472 e. The van der Waals surface area contributed by atoms with Crippen molar-refractivity contribution < 1.29 is 28.3 Å². The van der Waals surface area contributed by atoms with E-state index in [-0.39, 0.29) is 19.8 Å². The van der Waals surface area contributed by atoms with Gasteiger partial charge in [0.25, 0.3) is 0 Å². The van der Waals surface area contributed by atoms with E-state index in [2.05, 4.69) is 6.92 Å². The minimum absolute atomic E-state index is 0.0899. The van der Waals surface area contributed by atoms with Gasteiger partial charge >= 0.3 is 7.82 Å². The van der Waals surface area contributed by atoms with E-state index >= 15 is 0 Å². The molecule has 0 spiro atoms. The lowest BCUT2D eigenvalue weighted by Crippen LogP contribution is -2.22. The Kier molecular flexibility index (Phi) is 23.7. The molecular formula is C25H54NO6P. The Bertz CT molecular complexity index is 453. The van der Waals surface area contributed by atoms with E-state index < -0.39 is 13.9 Å². The molecule has 2 atom stereocenters. The summed E-state index contributed by atoms with van der Waals surface area (Å²) >= 11 is 0. The van der Waals surface area contributed by atoms with Crippen molar-refractivity contribution >= 4 is 7.82 Å². The first-order valence-electron chi connectivity index (χ1n) is 13.4. The molecule has 33 heavy (non-hydrogen) atoms. The normalized spacial score (nSPS) is 14.6. The van der Waals surface area contributed by atoms with Gasteiger partial charge in [0.1, 0.15) is 6.10 Å². The molecular weight excluding hydrogens is 441 g/mol. The van der Waals surface area contributed by atoms with Gasteiger partial charge in [0.05, 0.1) is 19.8 Å². The Morgan fingerprint density at radius 3 is 1.61 bits per heavy atom. The van der Waals surface area contributed by atoms with Crippen molar-refractivity contribution in [2.45, 2.75) is 116 Å². The summed E-state index contributed by atoms with van der Waals surface area (Å²) in [4.78, 5) is 11.4. The van der Waals surface area contributed by atoms with Crippen LogP contribution >= 0.6 is 7.82 Å². The van der Waals surface area contributed by atoms with E-state index in [0.717, 1.165) is 12.8 Å². The van der Waals surface area contributed by atoms with Crippen molar-refractivity contribution in [3.63, 3.8) is 0 Å². The number of phosphoric ester groups is 1. The van der Waals surface area contributed by atoms with Crippen molar-refractivity contribution in [3.05, 3.63) is 0 Å². The molecule has 0 aliphatic carbocycles. The van der Waals surface area contributed by atoms with Gasteiger partial charge in [-0.1, -0.05) is 103 Å². The summed E-state index contributed by atoms with van der Waals surface area (Å²) in [6, 6.07) is 0. The monoisotopic (exact) mass is 495 g/mol. The third-order valence-corrected chi connectivity index (χ3v) is 6.66. The van der Waals surface area contributed by atoms with Gasteiger partial charge in [-0.05, 0) is 20.5 Å². The molecule has 0 amide bonds. The van der Waals surface area contributed by atoms with Gasteiger partial charge in [-0.25, -0.2) is 4.57 Å². The number of phosphoric acid groups is 1. The van der Waals surface area contributed by atoms with Crippen molar-refractivity contribution in [2.75, 3.05) is 47.1 Å². The zero-order valence-corrected chi connectivity index (χ0v) is 22.7. The molecule has 0 aliphatic rings. The Balaban J connectivity index is 3.32. The van der Waals surface area contributed by atoms with Crippen LogP contribution in [0.2, 0.25) is 0 Å². The van der Waals surface area contributed by atoms with E-state index in [1.807, 2.05) is 19.0 Å². The van der Waals surface area contributed by atoms with Crippen LogP contribution in [0.15, 0.2) is 0 Å². The topological polar surface area (TPSA) is 88.5 Å². The first-order chi connectivity index (χ1) is 15.9. The number of ether oxygens (including phenoxy) is 1. The number of likely N-dealkylation sites (N-methyl/N-ethyl adjacent to an activating group) is 1. The van der Waals surface area contributed by atoms with Gasteiger partial charge in [-0.3, -0.25) is 9.05 Å². The predicted molar refractivity (Wildman–Crippen MR) is 137 cm³/mol. The first kappa shape index (κ1) is 33.0. The molecule has 8 heteroatoms. The fourth-order valence-electron chi connectivity index (χ4n) is 3.58. The molecule has 2 N–H and O–H groups in total. The van der Waals surface area contributed by atoms with Crippen LogP contribution in [0.4, 0.5) is 0 Å². The highest BCUT2D eigenvalue weighted by molar-refractivity contribution is 7.47. The summed E-state index contributed by atoms with van der Waals surface area (Å²) < 4.78 is 26.8. The number of hydrogen-bond donors (Lipinski definition) is 2. The molecule has 0 heterocycles. The molecule has 7 nitrogen and oxygen atoms in total. The second-order valence-electron chi connectivity index (χ2n) is 9.43. The number of aliphatic hydroxyl groups excluding tert-OH is 1. The minimum Gasteiger partial charge on any atom is -0.388 e. The molecule has 200 valence electrons. The lowest BCUT2D eigenvalue weighted by Gasteiger charge is -2.16. The summed E-state index contributed by atoms with van der Waals surface area (Å²) in [6.07, 6.45) is 20.4. The number of hydrogen-bond acceptors (Lipinski definition) is 6. The second kappa shape index (κ2) is 23.7. The van der Waals surface area contributed by atoms with E-state index in [4.69, 9.17) is 13.8 Å². The van der Waals surface area contributed by atoms with E-state index in [1.165, 1.54) is 89.9 Å². The Labute approximate surface area is 204 Å². The SMILES string of the molecule is CCCCCCCCCCCCCCCCCCOC[C@@H](O)COP(=O)(O)OCCN(C)C. The van der Waals surface area contributed by atoms with E-state index in [1.54, 1.807) is 0 Å². The van der Waals surface area contributed by atoms with E-state index in [9.17, 15) is 14.6 Å². The highest BCUT2D eigenvalue weighted by Crippen LogP contribution is 2.42. The quantitative estimate of drug-likeness (QED) is 0.107. The molecule has 0 radical (unpaired) electrons. The average Bonchev–Trinajstić information content (AvgIpc) is 2.76. The summed E-state index contributed by atoms with van der Waals surface area (Å²) in [5.41, 5.74) is 0. The standard InChI is InChI=1S/C25H54NO6P/c1-4-5-6-7-8-9-10-11-12-13-14-15-16-17-18-19-21-30-23-25(27)24-32-33(28,29)31-22-20-26(2)3/h25,27H,4-24H2,1-3H3,(H,28,29)/t25-/m1/s1. The van der Waals surface area contributed by atoms with Gasteiger partial charge in [-0.2, -0.15) is 0 Å². The summed E-state index contributed by atoms with van der Waals surface area (Å²) in [7, 11) is -0.443. The van der Waals surface area contributed by atoms with Crippen LogP contribution in [-0.2, 0) is 18.3 Å². The number of rotatable bonds is 26. The molecule has 0 aromatic carbocycles. The number of aliphatic hydroxyl groups is 1. The summed E-state index contributed by atoms with van der Waals surface area (Å²) in [5, 5.41) is 9.82. The third kappa shape index (κ3) is 26.4. The molecule has 0 saturated carbocycles. The summed E-state index contributed by atoms with van der Waals surface area (Å²) in [5.74, 6) is 0. The van der Waals surface area contributed by atoms with Crippen LogP contribution in [0.25, 0.3) is 0 Å². The molecule has 0 saturated heterocycles. The van der Waals surface area contributed by atoms with Crippen LogP contribution < -0.4 is 0 Å². The number of nitrogens with zero attached hydrogens (tertiary/aromatic N) is 1. The molecule has 1 unspecified atom stereocenters. The molecule has 0 aromatic rings. The van der Waals surface area contributed by atoms with Gasteiger partial charge < -0.3 is 19.6 Å². The Hall–Kier alpha value is -0.0100. The van der Waals surface area contributed by atoms with Gasteiger partial charge in [-0.15, -0.1) is 0 Å². The van der Waals surface area contributed by atoms with Crippen LogP contribution in [0.3, 0.4) is 0 Å². The fourth-order valence-corrected chi connectivity index (χ4v) is 4.32. The molecule has 0 bridgehead atoms. The van der Waals surface area contributed by atoms with Crippen LogP contribution in [0, 0.1) is 0 Å². The van der Waals surface area contributed by atoms with Crippen LogP contribution in [-0.4, -0.2) is 68.1 Å². The van der Waals surface area contributed by atoms with Gasteiger partial charge in [0.15, 0.2) is 0 Å². The lowest BCUT2D eigenvalue weighted by atomic mass is 10.0. The predicted octanol–water partition coefficient (Wildman–Crippen LogP) is 6.32. The van der Waals surface area contributed by atoms with Crippen LogP contribution in [0.5, 0.6) is 0 Å². The molecule has 0 fully saturated rings. The Morgan fingerprint density at radius 1 is 0.697 bits per heavy atom. The zero-order chi connectivity index (χ0) is 24.6. The zero-order valence-electron chi connectivity index (χ0n) is 21.8. The maximum absolute atomic E-state index is 11.7. The molecule has 0 aromatic heterocycles. The van der Waals surface area contributed by atoms with Crippen molar-refractivity contribution in [2.24, 2.45) is 0 Å². The highest BCUT2D eigenvalue weighted by atomic mass is 31.2. The van der Waals surface area contributed by atoms with Crippen molar-refractivity contribution in [1.82, 2.24) is 4.90 Å². The molecule has 0 aliphatic heterocycles. The van der Waals surface area contributed by atoms with Crippen molar-refractivity contribution in [3.8, 4) is 0 Å². The van der Waals surface area contributed by atoms with E-state index in [0.29, 0.717) is 13.2 Å². The fraction of sp³-hybridized carbons (Fsp3) is 1.00. The average molecular weight is 496 g/mol. The Morgan fingerprint density at radius 2 is 1.15 bits per heavy atom. The highest BCUT2D eigenvalue weighted by Gasteiger charge is 2.22. The van der Waals surface area contributed by atoms with Crippen LogP contribution in [0.1, 0.15) is 110 Å². The minimum atomic E-state index is -4.12. The van der Waals surface area contributed by atoms with Crippen molar-refractivity contribution in [1.29, 1.82) is 0 Å². The summed E-state index contributed by atoms with van der Waals surface area (Å²) in [6.45, 7) is 3.27. The first-order valence-corrected chi connectivity index (χ1v) is 14.9.